The number of anilines is 1. The largest absolute Gasteiger partial charge is 0.372 e. The van der Waals surface area contributed by atoms with Crippen LogP contribution in [0.2, 0.25) is 0 Å². The van der Waals surface area contributed by atoms with Crippen LogP contribution in [0.3, 0.4) is 0 Å². The molecule has 2 heteroatoms. The predicted octanol–water partition coefficient (Wildman–Crippen LogP) is 2.65. The normalized spacial score (nSPS) is 7.42. The van der Waals surface area contributed by atoms with Crippen LogP contribution < -0.4 is 5.32 Å². The molecule has 0 heterocycles. The van der Waals surface area contributed by atoms with Crippen molar-refractivity contribution < 1.29 is 0 Å². The molecule has 0 saturated carbocycles. The second-order valence-electron chi connectivity index (χ2n) is 1.88. The van der Waals surface area contributed by atoms with Crippen LogP contribution in [-0.4, -0.2) is 6.54 Å². The molecule has 12 heavy (non-hydrogen) atoms. The van der Waals surface area contributed by atoms with Crippen LogP contribution in [0, 0.1) is 11.3 Å². The topological polar surface area (TPSA) is 35.8 Å². The van der Waals surface area contributed by atoms with Crippen LogP contribution in [-0.2, 0) is 0 Å². The third-order valence-electron chi connectivity index (χ3n) is 1.15. The van der Waals surface area contributed by atoms with E-state index in [-0.39, 0.29) is 0 Å². The van der Waals surface area contributed by atoms with E-state index in [4.69, 9.17) is 5.26 Å². The average molecular weight is 162 g/mol. The van der Waals surface area contributed by atoms with Crippen molar-refractivity contribution in [2.45, 2.75) is 13.8 Å². The highest BCUT2D eigenvalue weighted by Crippen LogP contribution is 2.02. The van der Waals surface area contributed by atoms with Crippen molar-refractivity contribution in [2.75, 3.05) is 11.9 Å². The van der Waals surface area contributed by atoms with Gasteiger partial charge in [-0.3, -0.25) is 0 Å². The van der Waals surface area contributed by atoms with Gasteiger partial charge in [-0.2, -0.15) is 5.26 Å². The quantitative estimate of drug-likeness (QED) is 0.678. The molecule has 0 fully saturated rings. The number of hydrogen-bond acceptors (Lipinski definition) is 2. The first-order valence-electron chi connectivity index (χ1n) is 4.09. The molecule has 0 atom stereocenters. The first-order chi connectivity index (χ1) is 5.93. The van der Waals surface area contributed by atoms with Gasteiger partial charge in [0, 0.05) is 5.69 Å². The summed E-state index contributed by atoms with van der Waals surface area (Å²) in [5, 5.41) is 11.1. The number of nitriles is 1. The van der Waals surface area contributed by atoms with Gasteiger partial charge in [0.15, 0.2) is 0 Å². The minimum atomic E-state index is 0.365. The minimum Gasteiger partial charge on any atom is -0.372 e. The number of benzene rings is 1. The molecule has 0 aromatic heterocycles. The summed E-state index contributed by atoms with van der Waals surface area (Å²) in [5.74, 6) is 0. The Morgan fingerprint density at radius 3 is 2.33 bits per heavy atom. The highest BCUT2D eigenvalue weighted by atomic mass is 14.9. The van der Waals surface area contributed by atoms with Crippen molar-refractivity contribution in [3.05, 3.63) is 30.3 Å². The number of nitrogens with one attached hydrogen (secondary N) is 1. The van der Waals surface area contributed by atoms with Crippen molar-refractivity contribution in [2.24, 2.45) is 0 Å². The molecule has 0 aliphatic heterocycles. The molecule has 0 bridgehead atoms. The third-order valence-corrected chi connectivity index (χ3v) is 1.15. The fourth-order valence-electron chi connectivity index (χ4n) is 0.698. The van der Waals surface area contributed by atoms with Crippen LogP contribution in [0.1, 0.15) is 13.8 Å². The lowest BCUT2D eigenvalue weighted by atomic mass is 10.3. The fourth-order valence-corrected chi connectivity index (χ4v) is 0.698. The molecule has 0 aliphatic carbocycles. The first kappa shape index (κ1) is 10.5. The molecule has 1 aromatic carbocycles. The maximum atomic E-state index is 8.22. The molecule has 0 amide bonds. The van der Waals surface area contributed by atoms with Crippen LogP contribution in [0.4, 0.5) is 5.69 Å². The van der Waals surface area contributed by atoms with E-state index in [1.807, 2.05) is 50.2 Å². The minimum absolute atomic E-state index is 0.365. The molecular formula is C10H14N2. The van der Waals surface area contributed by atoms with Crippen molar-refractivity contribution in [3.8, 4) is 6.07 Å². The highest BCUT2D eigenvalue weighted by Gasteiger charge is 1.84. The van der Waals surface area contributed by atoms with Gasteiger partial charge in [-0.25, -0.2) is 0 Å². The Labute approximate surface area is 73.8 Å². The lowest BCUT2D eigenvalue weighted by Gasteiger charge is -1.97. The molecule has 0 spiro atoms. The summed E-state index contributed by atoms with van der Waals surface area (Å²) in [4.78, 5) is 0. The molecule has 0 radical (unpaired) electrons. The van der Waals surface area contributed by atoms with Crippen LogP contribution in [0.5, 0.6) is 0 Å². The van der Waals surface area contributed by atoms with E-state index in [0.29, 0.717) is 6.54 Å². The van der Waals surface area contributed by atoms with Gasteiger partial charge in [0.2, 0.25) is 0 Å². The van der Waals surface area contributed by atoms with Crippen LogP contribution in [0.15, 0.2) is 30.3 Å². The van der Waals surface area contributed by atoms with E-state index in [1.165, 1.54) is 0 Å². The van der Waals surface area contributed by atoms with Crippen LogP contribution >= 0.6 is 0 Å². The van der Waals surface area contributed by atoms with E-state index < -0.39 is 0 Å². The summed E-state index contributed by atoms with van der Waals surface area (Å²) in [6, 6.07) is 11.7. The summed E-state index contributed by atoms with van der Waals surface area (Å²) in [6.45, 7) is 4.37. The number of hydrogen-bond donors (Lipinski definition) is 1. The smallest absolute Gasteiger partial charge is 0.103 e. The zero-order valence-electron chi connectivity index (χ0n) is 7.54. The predicted molar refractivity (Wildman–Crippen MR) is 51.9 cm³/mol. The van der Waals surface area contributed by atoms with E-state index in [2.05, 4.69) is 5.32 Å². The van der Waals surface area contributed by atoms with Gasteiger partial charge in [-0.05, 0) is 12.1 Å². The van der Waals surface area contributed by atoms with Gasteiger partial charge in [-0.1, -0.05) is 32.0 Å². The maximum absolute atomic E-state index is 8.22. The third kappa shape index (κ3) is 4.35. The van der Waals surface area contributed by atoms with Gasteiger partial charge in [0.1, 0.15) is 6.54 Å². The summed E-state index contributed by atoms with van der Waals surface area (Å²) < 4.78 is 0. The van der Waals surface area contributed by atoms with E-state index >= 15 is 0 Å². The number of para-hydroxylation sites is 1. The SMILES string of the molecule is CC.N#CCNc1ccccc1. The standard InChI is InChI=1S/C8H8N2.C2H6/c9-6-7-10-8-4-2-1-3-5-8;1-2/h1-5,10H,7H2;1-2H3. The second-order valence-corrected chi connectivity index (χ2v) is 1.88. The Bertz CT molecular complexity index is 223. The molecule has 64 valence electrons. The van der Waals surface area contributed by atoms with Gasteiger partial charge in [0.25, 0.3) is 0 Å². The summed E-state index contributed by atoms with van der Waals surface area (Å²) in [7, 11) is 0. The van der Waals surface area contributed by atoms with Gasteiger partial charge in [0.05, 0.1) is 6.07 Å². The Hall–Kier alpha value is -1.49. The second kappa shape index (κ2) is 7.62. The van der Waals surface area contributed by atoms with E-state index in [9.17, 15) is 0 Å². The molecule has 1 rings (SSSR count). The zero-order chi connectivity index (χ0) is 9.23. The maximum Gasteiger partial charge on any atom is 0.103 e. The Kier molecular flexibility index (Phi) is 6.67. The van der Waals surface area contributed by atoms with Crippen LogP contribution in [0.25, 0.3) is 0 Å². The summed E-state index contributed by atoms with van der Waals surface area (Å²) in [6.07, 6.45) is 0. The molecule has 0 saturated heterocycles. The van der Waals surface area contributed by atoms with Crippen molar-refractivity contribution in [1.82, 2.24) is 0 Å². The Morgan fingerprint density at radius 2 is 1.83 bits per heavy atom. The molecule has 0 aliphatic rings. The van der Waals surface area contributed by atoms with Gasteiger partial charge >= 0.3 is 0 Å². The Morgan fingerprint density at radius 1 is 1.25 bits per heavy atom. The zero-order valence-corrected chi connectivity index (χ0v) is 7.54. The van der Waals surface area contributed by atoms with E-state index in [1.54, 1.807) is 0 Å². The fraction of sp³-hybridized carbons (Fsp3) is 0.300. The molecule has 0 unspecified atom stereocenters. The summed E-state index contributed by atoms with van der Waals surface area (Å²) >= 11 is 0. The molecule has 2 nitrogen and oxygen atoms in total. The molecular weight excluding hydrogens is 148 g/mol. The lowest BCUT2D eigenvalue weighted by molar-refractivity contribution is 1.32. The van der Waals surface area contributed by atoms with Crippen molar-refractivity contribution in [1.29, 1.82) is 5.26 Å². The van der Waals surface area contributed by atoms with Gasteiger partial charge in [-0.15, -0.1) is 0 Å². The Balaban J connectivity index is 0.000000561. The number of rotatable bonds is 2. The van der Waals surface area contributed by atoms with E-state index in [0.717, 1.165) is 5.69 Å². The van der Waals surface area contributed by atoms with Gasteiger partial charge < -0.3 is 5.32 Å². The number of nitrogens with zero attached hydrogens (tertiary/aromatic N) is 1. The highest BCUT2D eigenvalue weighted by molar-refractivity contribution is 5.42. The average Bonchev–Trinajstić information content (AvgIpc) is 2.19. The summed E-state index contributed by atoms with van der Waals surface area (Å²) in [5.41, 5.74) is 0.990. The monoisotopic (exact) mass is 162 g/mol. The lowest BCUT2D eigenvalue weighted by Crippen LogP contribution is -1.96. The molecule has 1 N–H and O–H groups in total. The molecule has 1 aromatic rings. The first-order valence-corrected chi connectivity index (χ1v) is 4.09. The van der Waals surface area contributed by atoms with Crippen molar-refractivity contribution in [3.63, 3.8) is 0 Å². The van der Waals surface area contributed by atoms with Crippen molar-refractivity contribution >= 4 is 5.69 Å².